The molecule has 0 aromatic carbocycles. The molecule has 1 heterocycles. The zero-order valence-electron chi connectivity index (χ0n) is 7.82. The maximum Gasteiger partial charge on any atom is 0.604 e. The van der Waals surface area contributed by atoms with E-state index in [0.29, 0.717) is 5.51 Å². The largest absolute Gasteiger partial charge is 0.604 e. The second-order valence-electron chi connectivity index (χ2n) is 2.96. The van der Waals surface area contributed by atoms with Gasteiger partial charge in [-0.1, -0.05) is 10.2 Å². The van der Waals surface area contributed by atoms with Crippen molar-refractivity contribution in [2.24, 2.45) is 0 Å². The highest BCUT2D eigenvalue weighted by atomic mass is 32.3. The Balaban J connectivity index is 3.36. The maximum absolute atomic E-state index is 12.4. The van der Waals surface area contributed by atoms with Gasteiger partial charge in [-0.15, -0.1) is 13.2 Å². The third kappa shape index (κ3) is 2.28. The smallest absolute Gasteiger partial charge is 0.217 e. The molecule has 4 nitrogen and oxygen atoms in total. The molecule has 0 spiro atoms. The van der Waals surface area contributed by atoms with Crippen molar-refractivity contribution in [1.29, 1.82) is 0 Å². The molecule has 0 saturated carbocycles. The Morgan fingerprint density at radius 3 is 2.33 bits per heavy atom. The van der Waals surface area contributed by atoms with Crippen LogP contribution >= 0.6 is 10.5 Å². The number of rotatable bonds is 2. The number of halogens is 3. The van der Waals surface area contributed by atoms with Crippen LogP contribution in [0.4, 0.5) is 13.2 Å². The van der Waals surface area contributed by atoms with Crippen molar-refractivity contribution in [3.05, 3.63) is 5.51 Å². The van der Waals surface area contributed by atoms with Gasteiger partial charge < -0.3 is 0 Å². The Morgan fingerprint density at radius 1 is 1.40 bits per heavy atom. The summed E-state index contributed by atoms with van der Waals surface area (Å²) in [7, 11) is -6.49. The zero-order chi connectivity index (χ0) is 11.9. The minimum atomic E-state index is -4.64. The van der Waals surface area contributed by atoms with E-state index in [2.05, 4.69) is 10.2 Å². The van der Waals surface area contributed by atoms with E-state index in [1.165, 1.54) is 13.8 Å². The third-order valence-electron chi connectivity index (χ3n) is 1.59. The van der Waals surface area contributed by atoms with Crippen LogP contribution < -0.4 is 0 Å². The first kappa shape index (κ1) is 12.4. The van der Waals surface area contributed by atoms with Gasteiger partial charge in [0.2, 0.25) is 9.84 Å². The highest BCUT2D eigenvalue weighted by molar-refractivity contribution is 7.94. The topological polar surface area (TPSA) is 59.9 Å². The van der Waals surface area contributed by atoms with Crippen molar-refractivity contribution >= 4 is 20.3 Å². The molecule has 1 aromatic heterocycles. The quantitative estimate of drug-likeness (QED) is 0.763. The molecule has 0 saturated heterocycles. The van der Waals surface area contributed by atoms with Gasteiger partial charge in [-0.05, 0) is 13.8 Å². The van der Waals surface area contributed by atoms with E-state index < -0.39 is 35.4 Å². The molecule has 1 rings (SSSR count). The summed E-state index contributed by atoms with van der Waals surface area (Å²) in [5, 5.41) is 5.17. The molecule has 15 heavy (non-hydrogen) atoms. The van der Waals surface area contributed by atoms with E-state index in [-0.39, 0.29) is 0 Å². The van der Waals surface area contributed by atoms with Crippen LogP contribution in [0.15, 0.2) is 9.85 Å². The minimum absolute atomic E-state index is 0.523. The summed E-state index contributed by atoms with van der Waals surface area (Å²) >= 11 is 0. The van der Waals surface area contributed by atoms with Gasteiger partial charge in [0.25, 0.3) is 5.51 Å². The fourth-order valence-electron chi connectivity index (χ4n) is 0.749. The first-order chi connectivity index (χ1) is 6.67. The van der Waals surface area contributed by atoms with E-state index in [0.717, 1.165) is 0 Å². The summed E-state index contributed by atoms with van der Waals surface area (Å²) < 4.78 is 59.2. The Hall–Kier alpha value is -0.700. The highest BCUT2D eigenvalue weighted by Gasteiger charge is 2.51. The van der Waals surface area contributed by atoms with E-state index in [9.17, 15) is 21.6 Å². The van der Waals surface area contributed by atoms with Crippen LogP contribution in [-0.4, -0.2) is 23.9 Å². The van der Waals surface area contributed by atoms with Gasteiger partial charge in [-0.3, -0.25) is 0 Å². The first-order valence-electron chi connectivity index (χ1n) is 3.82. The average Bonchev–Trinajstić information content (AvgIpc) is 2.49. The lowest BCUT2D eigenvalue weighted by molar-refractivity contribution is -0.0875. The third-order valence-corrected chi connectivity index (χ3v) is 5.90. The van der Waals surface area contributed by atoms with E-state index in [1.807, 2.05) is 0 Å². The molecule has 0 fully saturated rings. The number of sulfone groups is 1. The molecule has 1 unspecified atom stereocenters. The van der Waals surface area contributed by atoms with Gasteiger partial charge in [0.05, 0.1) is 5.25 Å². The lowest BCUT2D eigenvalue weighted by Gasteiger charge is -2.01. The van der Waals surface area contributed by atoms with E-state index in [1.54, 1.807) is 0 Å². The Morgan fingerprint density at radius 2 is 1.93 bits per heavy atom. The van der Waals surface area contributed by atoms with Gasteiger partial charge in [-0.25, -0.2) is 8.42 Å². The van der Waals surface area contributed by atoms with Crippen molar-refractivity contribution in [3.63, 3.8) is 0 Å². The molecule has 0 aliphatic heterocycles. The van der Waals surface area contributed by atoms with E-state index in [4.69, 9.17) is 0 Å². The Bertz CT molecular complexity index is 449. The lowest BCUT2D eigenvalue weighted by atomic mass is 10.6. The normalized spacial score (nSPS) is 14.7. The predicted octanol–water partition coefficient (Wildman–Crippen LogP) is 1.88. The number of nitrogens with zero attached hydrogens (tertiary/aromatic N) is 2. The number of aromatic nitrogens is 2. The minimum Gasteiger partial charge on any atom is -0.217 e. The Kier molecular flexibility index (Phi) is 3.06. The first-order valence-corrected chi connectivity index (χ1v) is 6.65. The Labute approximate surface area is 87.0 Å². The summed E-state index contributed by atoms with van der Waals surface area (Å²) in [6.07, 6.45) is 0. The molecule has 1 atom stereocenters. The fraction of sp³-hybridized carbons (Fsp3) is 0.667. The van der Waals surface area contributed by atoms with Crippen molar-refractivity contribution in [3.8, 4) is 0 Å². The lowest BCUT2D eigenvalue weighted by Crippen LogP contribution is -2.16. The average molecular weight is 261 g/mol. The fourth-order valence-corrected chi connectivity index (χ4v) is 3.99. The summed E-state index contributed by atoms with van der Waals surface area (Å²) in [6, 6.07) is 0. The van der Waals surface area contributed by atoms with Crippen LogP contribution in [0.2, 0.25) is 0 Å². The molecule has 0 amide bonds. The van der Waals surface area contributed by atoms with Crippen molar-refractivity contribution in [1.82, 2.24) is 10.2 Å². The summed E-state index contributed by atoms with van der Waals surface area (Å²) in [6.45, 7) is 2.60. The second kappa shape index (κ2) is 3.71. The molecule has 0 radical (unpaired) electrons. The molecule has 9 heteroatoms. The van der Waals surface area contributed by atoms with Crippen LogP contribution in [-0.2, 0) is 15.3 Å². The van der Waals surface area contributed by atoms with Gasteiger partial charge in [0, 0.05) is 0 Å². The van der Waals surface area contributed by atoms with E-state index >= 15 is 0 Å². The molecule has 0 N–H and O–H groups in total. The molecule has 0 bridgehead atoms. The SMILES string of the molecule is CC(C)S(=O)(=O)c1nnc[s+]1C(F)(F)F. The predicted molar refractivity (Wildman–Crippen MR) is 48.1 cm³/mol. The molecule has 0 aliphatic rings. The number of alkyl halides is 3. The van der Waals surface area contributed by atoms with Gasteiger partial charge >= 0.3 is 9.85 Å². The molecule has 86 valence electrons. The van der Waals surface area contributed by atoms with Crippen LogP contribution in [0.1, 0.15) is 13.8 Å². The zero-order valence-corrected chi connectivity index (χ0v) is 9.45. The summed E-state index contributed by atoms with van der Waals surface area (Å²) in [5.74, 6) is 0. The second-order valence-corrected chi connectivity index (χ2v) is 7.38. The van der Waals surface area contributed by atoms with Crippen LogP contribution in [0.25, 0.3) is 0 Å². The monoisotopic (exact) mass is 261 g/mol. The molecule has 1 aromatic rings. The van der Waals surface area contributed by atoms with Crippen molar-refractivity contribution < 1.29 is 21.6 Å². The molecular weight excluding hydrogens is 253 g/mol. The number of hydrogen-bond acceptors (Lipinski definition) is 4. The van der Waals surface area contributed by atoms with Gasteiger partial charge in [0.1, 0.15) is 10.5 Å². The van der Waals surface area contributed by atoms with Crippen LogP contribution in [0.3, 0.4) is 0 Å². The van der Waals surface area contributed by atoms with Gasteiger partial charge in [0.15, 0.2) is 0 Å². The molecule has 0 aliphatic carbocycles. The van der Waals surface area contributed by atoms with Gasteiger partial charge in [-0.2, -0.15) is 0 Å². The van der Waals surface area contributed by atoms with Crippen molar-refractivity contribution in [2.45, 2.75) is 28.9 Å². The maximum atomic E-state index is 12.4. The van der Waals surface area contributed by atoms with Crippen molar-refractivity contribution in [2.75, 3.05) is 0 Å². The number of hydrogen-bond donors (Lipinski definition) is 0. The summed E-state index contributed by atoms with van der Waals surface area (Å²) in [4.78, 5) is 0. The molecular formula is C6H8F3N2O2S2+. The summed E-state index contributed by atoms with van der Waals surface area (Å²) in [5.41, 5.74) is -4.12. The highest BCUT2D eigenvalue weighted by Crippen LogP contribution is 2.45. The standard InChI is InChI=1S/C6H8F3N2O2S2/c1-4(2)15(12,13)5-11-10-3-14(5)6(7,8)9/h3-4H,1-2H3/q+1. The van der Waals surface area contributed by atoms with Crippen LogP contribution in [0, 0.1) is 0 Å². The van der Waals surface area contributed by atoms with Crippen LogP contribution in [0.5, 0.6) is 0 Å².